The standard InChI is InChI=1S/C21H14F3N5O2S/c22-21(23,24)20-29-17(12-4-2-1-3-5-12)19(32-20)31-14-8-9-26-16(10-14)28-15-7-6-13(11-27-15)18(25)30/h1-11H,(H2,25,30)(H,26,27,28). The minimum Gasteiger partial charge on any atom is -0.444 e. The number of hydrogen-bond donors (Lipinski definition) is 2. The van der Waals surface area contributed by atoms with Crippen LogP contribution in [-0.4, -0.2) is 20.9 Å². The zero-order valence-electron chi connectivity index (χ0n) is 16.1. The lowest BCUT2D eigenvalue weighted by Crippen LogP contribution is -2.11. The van der Waals surface area contributed by atoms with Crippen molar-refractivity contribution in [1.82, 2.24) is 15.0 Å². The number of halogens is 3. The molecule has 0 aliphatic rings. The average molecular weight is 457 g/mol. The van der Waals surface area contributed by atoms with E-state index in [2.05, 4.69) is 20.3 Å². The molecule has 0 saturated carbocycles. The second kappa shape index (κ2) is 8.63. The molecule has 1 amide bonds. The van der Waals surface area contributed by atoms with Crippen LogP contribution < -0.4 is 15.8 Å². The number of anilines is 2. The minimum absolute atomic E-state index is 0.00427. The number of alkyl halides is 3. The first-order chi connectivity index (χ1) is 15.3. The highest BCUT2D eigenvalue weighted by Crippen LogP contribution is 2.44. The van der Waals surface area contributed by atoms with Gasteiger partial charge in [0, 0.05) is 24.0 Å². The SMILES string of the molecule is NC(=O)c1ccc(Nc2cc(Oc3sc(C(F)(F)F)nc3-c3ccccc3)ccn2)nc1. The summed E-state index contributed by atoms with van der Waals surface area (Å²) in [6, 6.07) is 14.5. The lowest BCUT2D eigenvalue weighted by molar-refractivity contribution is -0.137. The predicted molar refractivity (Wildman–Crippen MR) is 113 cm³/mol. The highest BCUT2D eigenvalue weighted by Gasteiger charge is 2.37. The molecule has 0 aliphatic carbocycles. The van der Waals surface area contributed by atoms with Crippen molar-refractivity contribution in [3.8, 4) is 22.1 Å². The molecule has 0 radical (unpaired) electrons. The van der Waals surface area contributed by atoms with Crippen LogP contribution in [0, 0.1) is 0 Å². The molecule has 4 aromatic rings. The summed E-state index contributed by atoms with van der Waals surface area (Å²) in [7, 11) is 0. The third-order valence-electron chi connectivity index (χ3n) is 4.13. The van der Waals surface area contributed by atoms with E-state index < -0.39 is 17.1 Å². The normalized spacial score (nSPS) is 11.2. The van der Waals surface area contributed by atoms with Crippen LogP contribution in [0.4, 0.5) is 24.8 Å². The first-order valence-corrected chi connectivity index (χ1v) is 9.91. The molecular weight excluding hydrogens is 443 g/mol. The van der Waals surface area contributed by atoms with E-state index in [1.54, 1.807) is 36.4 Å². The number of rotatable bonds is 6. The van der Waals surface area contributed by atoms with Crippen LogP contribution in [-0.2, 0) is 6.18 Å². The number of pyridine rings is 2. The van der Waals surface area contributed by atoms with Gasteiger partial charge in [-0.2, -0.15) is 13.2 Å². The van der Waals surface area contributed by atoms with Crippen LogP contribution in [0.5, 0.6) is 10.8 Å². The summed E-state index contributed by atoms with van der Waals surface area (Å²) in [6.07, 6.45) is -1.85. The van der Waals surface area contributed by atoms with Crippen molar-refractivity contribution in [1.29, 1.82) is 0 Å². The van der Waals surface area contributed by atoms with Gasteiger partial charge >= 0.3 is 6.18 Å². The van der Waals surface area contributed by atoms with Gasteiger partial charge in [-0.1, -0.05) is 41.7 Å². The van der Waals surface area contributed by atoms with Crippen LogP contribution >= 0.6 is 11.3 Å². The van der Waals surface area contributed by atoms with Crippen molar-refractivity contribution in [3.05, 3.63) is 77.6 Å². The monoisotopic (exact) mass is 457 g/mol. The van der Waals surface area contributed by atoms with Crippen molar-refractivity contribution >= 4 is 28.9 Å². The number of benzene rings is 1. The average Bonchev–Trinajstić information content (AvgIpc) is 3.19. The summed E-state index contributed by atoms with van der Waals surface area (Å²) in [5, 5.41) is 1.93. The van der Waals surface area contributed by atoms with Gasteiger partial charge in [-0.15, -0.1) is 0 Å². The second-order valence-corrected chi connectivity index (χ2v) is 7.38. The van der Waals surface area contributed by atoms with E-state index in [-0.39, 0.29) is 22.1 Å². The first-order valence-electron chi connectivity index (χ1n) is 9.10. The summed E-state index contributed by atoms with van der Waals surface area (Å²) in [4.78, 5) is 23.1. The molecule has 0 bridgehead atoms. The van der Waals surface area contributed by atoms with E-state index in [9.17, 15) is 18.0 Å². The van der Waals surface area contributed by atoms with Crippen LogP contribution in [0.2, 0.25) is 0 Å². The summed E-state index contributed by atoms with van der Waals surface area (Å²) in [5.74, 6) is 0.380. The Hall–Kier alpha value is -3.99. The maximum Gasteiger partial charge on any atom is 0.443 e. The number of carbonyl (C=O) groups is 1. The number of amides is 1. The van der Waals surface area contributed by atoms with E-state index in [4.69, 9.17) is 10.5 Å². The molecule has 162 valence electrons. The molecule has 0 unspecified atom stereocenters. The minimum atomic E-state index is -4.59. The number of aromatic nitrogens is 3. The van der Waals surface area contributed by atoms with Gasteiger partial charge < -0.3 is 15.8 Å². The molecule has 3 aromatic heterocycles. The molecule has 3 heterocycles. The molecule has 0 saturated heterocycles. The molecule has 0 spiro atoms. The molecule has 1 aromatic carbocycles. The van der Waals surface area contributed by atoms with E-state index in [0.29, 0.717) is 28.5 Å². The molecule has 0 atom stereocenters. The van der Waals surface area contributed by atoms with Crippen molar-refractivity contribution in [2.24, 2.45) is 5.73 Å². The topological polar surface area (TPSA) is 103 Å². The first kappa shape index (κ1) is 21.2. The number of carbonyl (C=O) groups excluding carboxylic acids is 1. The Kier molecular flexibility index (Phi) is 5.73. The molecule has 0 fully saturated rings. The highest BCUT2D eigenvalue weighted by molar-refractivity contribution is 7.14. The molecule has 0 aliphatic heterocycles. The quantitative estimate of drug-likeness (QED) is 0.410. The number of thiazole rings is 1. The van der Waals surface area contributed by atoms with Crippen molar-refractivity contribution < 1.29 is 22.7 Å². The fourth-order valence-electron chi connectivity index (χ4n) is 2.67. The maximum absolute atomic E-state index is 13.3. The summed E-state index contributed by atoms with van der Waals surface area (Å²) in [6.45, 7) is 0. The number of nitrogens with zero attached hydrogens (tertiary/aromatic N) is 3. The third-order valence-corrected chi connectivity index (χ3v) is 5.11. The lowest BCUT2D eigenvalue weighted by Gasteiger charge is -2.08. The Bertz CT molecular complexity index is 1240. The van der Waals surface area contributed by atoms with Gasteiger partial charge in [0.15, 0.2) is 0 Å². The molecule has 3 N–H and O–H groups in total. The van der Waals surface area contributed by atoms with Gasteiger partial charge in [0.25, 0.3) is 0 Å². The number of nitrogens with two attached hydrogens (primary N) is 1. The van der Waals surface area contributed by atoms with Crippen LogP contribution in [0.15, 0.2) is 67.0 Å². The van der Waals surface area contributed by atoms with E-state index in [0.717, 1.165) is 0 Å². The number of nitrogens with one attached hydrogen (secondary N) is 1. The largest absolute Gasteiger partial charge is 0.444 e. The van der Waals surface area contributed by atoms with Gasteiger partial charge in [0.2, 0.25) is 16.0 Å². The zero-order chi connectivity index (χ0) is 22.7. The summed E-state index contributed by atoms with van der Waals surface area (Å²) < 4.78 is 45.5. The van der Waals surface area contributed by atoms with E-state index in [1.165, 1.54) is 30.6 Å². The lowest BCUT2D eigenvalue weighted by atomic mass is 10.2. The fourth-order valence-corrected chi connectivity index (χ4v) is 3.50. The number of primary amides is 1. The number of ether oxygens (including phenoxy) is 1. The Morgan fingerprint density at radius 2 is 1.81 bits per heavy atom. The smallest absolute Gasteiger partial charge is 0.443 e. The Balaban J connectivity index is 1.60. The number of hydrogen-bond acceptors (Lipinski definition) is 7. The molecule has 11 heteroatoms. The van der Waals surface area contributed by atoms with Crippen LogP contribution in [0.1, 0.15) is 15.4 Å². The predicted octanol–water partition coefficient (Wildman–Crippen LogP) is 5.25. The van der Waals surface area contributed by atoms with Gasteiger partial charge in [0.05, 0.1) is 5.56 Å². The van der Waals surface area contributed by atoms with Crippen molar-refractivity contribution in [2.45, 2.75) is 6.18 Å². The Morgan fingerprint density at radius 3 is 2.47 bits per heavy atom. The zero-order valence-corrected chi connectivity index (χ0v) is 16.9. The summed E-state index contributed by atoms with van der Waals surface area (Å²) in [5.41, 5.74) is 6.04. The van der Waals surface area contributed by atoms with Crippen molar-refractivity contribution in [2.75, 3.05) is 5.32 Å². The van der Waals surface area contributed by atoms with Gasteiger partial charge in [-0.25, -0.2) is 15.0 Å². The molecule has 32 heavy (non-hydrogen) atoms. The van der Waals surface area contributed by atoms with Crippen molar-refractivity contribution in [3.63, 3.8) is 0 Å². The van der Waals surface area contributed by atoms with Gasteiger partial charge in [-0.3, -0.25) is 4.79 Å². The molecule has 7 nitrogen and oxygen atoms in total. The van der Waals surface area contributed by atoms with Crippen LogP contribution in [0.25, 0.3) is 11.3 Å². The molecule has 4 rings (SSSR count). The second-order valence-electron chi connectivity index (χ2n) is 6.42. The van der Waals surface area contributed by atoms with E-state index in [1.807, 2.05) is 0 Å². The maximum atomic E-state index is 13.3. The third kappa shape index (κ3) is 4.83. The Morgan fingerprint density at radius 1 is 1.03 bits per heavy atom. The van der Waals surface area contributed by atoms with Gasteiger partial charge in [-0.05, 0) is 18.2 Å². The Labute approximate surface area is 183 Å². The van der Waals surface area contributed by atoms with E-state index >= 15 is 0 Å². The van der Waals surface area contributed by atoms with Crippen LogP contribution in [0.3, 0.4) is 0 Å². The molecular formula is C21H14F3N5O2S. The van der Waals surface area contributed by atoms with Gasteiger partial charge in [0.1, 0.15) is 23.1 Å². The summed E-state index contributed by atoms with van der Waals surface area (Å²) >= 11 is 0.415. The highest BCUT2D eigenvalue weighted by atomic mass is 32.1. The fraction of sp³-hybridized carbons (Fsp3) is 0.0476.